The summed E-state index contributed by atoms with van der Waals surface area (Å²) in [6.07, 6.45) is 0. The van der Waals surface area contributed by atoms with Gasteiger partial charge in [0.25, 0.3) is 0 Å². The van der Waals surface area contributed by atoms with Crippen molar-refractivity contribution in [2.75, 3.05) is 0 Å². The standard InChI is InChI=1S/C55H38N2/c1-55(2)47-24-14-13-21-42(47)46-33-40(30-32-48(46)55)50-34-49(56-54(57-50)39-18-7-4-8-19-39)36-25-27-38(28-26-36)51-43-22-11-12-23-44(43)52(37-16-5-3-6-17-37)53-41-20-10-9-15-35(41)29-31-45(51)53/h3-34H,1-2H3. The van der Waals surface area contributed by atoms with Gasteiger partial charge in [0, 0.05) is 22.1 Å². The summed E-state index contributed by atoms with van der Waals surface area (Å²) < 4.78 is 0. The molecule has 0 unspecified atom stereocenters. The molecule has 10 aromatic rings. The first-order chi connectivity index (χ1) is 28.0. The van der Waals surface area contributed by atoms with E-state index < -0.39 is 0 Å². The van der Waals surface area contributed by atoms with Crippen molar-refractivity contribution in [2.24, 2.45) is 0 Å². The smallest absolute Gasteiger partial charge is 0.160 e. The van der Waals surface area contributed by atoms with E-state index in [-0.39, 0.29) is 5.41 Å². The second kappa shape index (κ2) is 13.0. The van der Waals surface area contributed by atoms with Crippen LogP contribution < -0.4 is 0 Å². The summed E-state index contributed by atoms with van der Waals surface area (Å²) in [4.78, 5) is 10.4. The van der Waals surface area contributed by atoms with Crippen molar-refractivity contribution in [3.05, 3.63) is 205 Å². The average Bonchev–Trinajstić information content (AvgIpc) is 3.51. The van der Waals surface area contributed by atoms with Crippen LogP contribution in [0.3, 0.4) is 0 Å². The Morgan fingerprint density at radius 3 is 1.65 bits per heavy atom. The number of hydrogen-bond donors (Lipinski definition) is 0. The van der Waals surface area contributed by atoms with Gasteiger partial charge >= 0.3 is 0 Å². The molecule has 1 aromatic heterocycles. The number of fused-ring (bicyclic) bond motifs is 7. The van der Waals surface area contributed by atoms with Gasteiger partial charge in [-0.25, -0.2) is 9.97 Å². The minimum Gasteiger partial charge on any atom is -0.228 e. The first-order valence-electron chi connectivity index (χ1n) is 19.7. The zero-order chi connectivity index (χ0) is 38.1. The molecule has 0 N–H and O–H groups in total. The molecule has 57 heavy (non-hydrogen) atoms. The van der Waals surface area contributed by atoms with Gasteiger partial charge in [0.05, 0.1) is 11.4 Å². The van der Waals surface area contributed by atoms with E-state index in [9.17, 15) is 0 Å². The lowest BCUT2D eigenvalue weighted by Crippen LogP contribution is -2.14. The number of rotatable bonds is 5. The zero-order valence-corrected chi connectivity index (χ0v) is 31.9. The van der Waals surface area contributed by atoms with E-state index in [1.165, 1.54) is 76.8 Å². The molecular formula is C55H38N2. The molecular weight excluding hydrogens is 689 g/mol. The fourth-order valence-corrected chi connectivity index (χ4v) is 9.31. The fraction of sp³-hybridized carbons (Fsp3) is 0.0545. The first-order valence-corrected chi connectivity index (χ1v) is 19.7. The molecule has 0 amide bonds. The molecule has 1 heterocycles. The molecule has 0 saturated heterocycles. The van der Waals surface area contributed by atoms with Gasteiger partial charge in [0.1, 0.15) is 0 Å². The third-order valence-corrected chi connectivity index (χ3v) is 12.1. The summed E-state index contributed by atoms with van der Waals surface area (Å²) >= 11 is 0. The molecule has 2 heteroatoms. The van der Waals surface area contributed by atoms with E-state index in [0.717, 1.165) is 28.1 Å². The zero-order valence-electron chi connectivity index (χ0n) is 31.9. The van der Waals surface area contributed by atoms with Gasteiger partial charge in [0.15, 0.2) is 5.82 Å². The lowest BCUT2D eigenvalue weighted by Gasteiger charge is -2.21. The fourth-order valence-electron chi connectivity index (χ4n) is 9.31. The molecule has 9 aromatic carbocycles. The summed E-state index contributed by atoms with van der Waals surface area (Å²) in [7, 11) is 0. The van der Waals surface area contributed by atoms with E-state index in [2.05, 4.69) is 202 Å². The molecule has 0 saturated carbocycles. The molecule has 0 bridgehead atoms. The quantitative estimate of drug-likeness (QED) is 0.130. The average molecular weight is 727 g/mol. The molecule has 0 fully saturated rings. The van der Waals surface area contributed by atoms with Gasteiger partial charge in [-0.15, -0.1) is 0 Å². The van der Waals surface area contributed by atoms with Crippen molar-refractivity contribution in [3.63, 3.8) is 0 Å². The monoisotopic (exact) mass is 726 g/mol. The van der Waals surface area contributed by atoms with Crippen LogP contribution in [-0.2, 0) is 5.41 Å². The summed E-state index contributed by atoms with van der Waals surface area (Å²) in [5, 5.41) is 7.52. The number of benzene rings is 9. The second-order valence-corrected chi connectivity index (χ2v) is 15.7. The Bertz CT molecular complexity index is 3180. The Kier molecular flexibility index (Phi) is 7.55. The Labute approximate surface area is 332 Å². The maximum Gasteiger partial charge on any atom is 0.160 e. The van der Waals surface area contributed by atoms with Crippen LogP contribution in [0, 0.1) is 0 Å². The Hall–Kier alpha value is -7.16. The first kappa shape index (κ1) is 33.2. The van der Waals surface area contributed by atoms with Crippen molar-refractivity contribution < 1.29 is 0 Å². The van der Waals surface area contributed by atoms with Gasteiger partial charge < -0.3 is 0 Å². The van der Waals surface area contributed by atoms with Crippen molar-refractivity contribution in [3.8, 4) is 67.3 Å². The molecule has 1 aliphatic carbocycles. The van der Waals surface area contributed by atoms with Crippen molar-refractivity contribution in [1.29, 1.82) is 0 Å². The highest BCUT2D eigenvalue weighted by atomic mass is 14.9. The molecule has 2 nitrogen and oxygen atoms in total. The Morgan fingerprint density at radius 2 is 0.895 bits per heavy atom. The van der Waals surface area contributed by atoms with E-state index in [1.807, 2.05) is 6.07 Å². The molecule has 1 aliphatic rings. The maximum atomic E-state index is 5.20. The topological polar surface area (TPSA) is 25.8 Å². The summed E-state index contributed by atoms with van der Waals surface area (Å²) in [6.45, 7) is 4.64. The van der Waals surface area contributed by atoms with Crippen LogP contribution in [0.25, 0.3) is 99.6 Å². The third kappa shape index (κ3) is 5.33. The van der Waals surface area contributed by atoms with Crippen molar-refractivity contribution in [2.45, 2.75) is 19.3 Å². The van der Waals surface area contributed by atoms with E-state index in [1.54, 1.807) is 0 Å². The lowest BCUT2D eigenvalue weighted by atomic mass is 9.82. The predicted molar refractivity (Wildman–Crippen MR) is 239 cm³/mol. The van der Waals surface area contributed by atoms with Crippen LogP contribution in [-0.4, -0.2) is 9.97 Å². The van der Waals surface area contributed by atoms with Gasteiger partial charge in [-0.1, -0.05) is 196 Å². The molecule has 0 spiro atoms. The summed E-state index contributed by atoms with van der Waals surface area (Å²) in [6, 6.07) is 70.2. The SMILES string of the molecule is CC1(C)c2ccccc2-c2cc(-c3cc(-c4ccc(-c5c6ccccc6c(-c6ccccc6)c6c5ccc5ccccc56)cc4)nc(-c4ccccc4)n3)ccc21. The number of nitrogens with zero attached hydrogens (tertiary/aromatic N) is 2. The lowest BCUT2D eigenvalue weighted by molar-refractivity contribution is 0.660. The molecule has 11 rings (SSSR count). The van der Waals surface area contributed by atoms with E-state index in [4.69, 9.17) is 9.97 Å². The Balaban J connectivity index is 1.09. The van der Waals surface area contributed by atoms with Crippen molar-refractivity contribution in [1.82, 2.24) is 9.97 Å². The maximum absolute atomic E-state index is 5.20. The molecule has 268 valence electrons. The molecule has 0 radical (unpaired) electrons. The minimum absolute atomic E-state index is 0.0517. The summed E-state index contributed by atoms with van der Waals surface area (Å²) in [5.41, 5.74) is 15.1. The highest BCUT2D eigenvalue weighted by molar-refractivity contribution is 6.27. The van der Waals surface area contributed by atoms with Gasteiger partial charge in [-0.05, 0) is 89.0 Å². The van der Waals surface area contributed by atoms with Gasteiger partial charge in [-0.2, -0.15) is 0 Å². The molecule has 0 atom stereocenters. The van der Waals surface area contributed by atoms with Gasteiger partial charge in [-0.3, -0.25) is 0 Å². The van der Waals surface area contributed by atoms with Gasteiger partial charge in [0.2, 0.25) is 0 Å². The highest BCUT2D eigenvalue weighted by Crippen LogP contribution is 2.50. The van der Waals surface area contributed by atoms with E-state index in [0.29, 0.717) is 5.82 Å². The van der Waals surface area contributed by atoms with Crippen LogP contribution in [0.2, 0.25) is 0 Å². The van der Waals surface area contributed by atoms with Crippen LogP contribution in [0.5, 0.6) is 0 Å². The normalized spacial score (nSPS) is 12.9. The third-order valence-electron chi connectivity index (χ3n) is 12.1. The number of hydrogen-bond acceptors (Lipinski definition) is 2. The highest BCUT2D eigenvalue weighted by Gasteiger charge is 2.35. The van der Waals surface area contributed by atoms with Crippen molar-refractivity contribution >= 4 is 32.3 Å². The van der Waals surface area contributed by atoms with E-state index >= 15 is 0 Å². The Morgan fingerprint density at radius 1 is 0.351 bits per heavy atom. The van der Waals surface area contributed by atoms with Crippen LogP contribution in [0.4, 0.5) is 0 Å². The second-order valence-electron chi connectivity index (χ2n) is 15.7. The molecule has 0 aliphatic heterocycles. The summed E-state index contributed by atoms with van der Waals surface area (Å²) in [5.74, 6) is 0.716. The largest absolute Gasteiger partial charge is 0.228 e. The van der Waals surface area contributed by atoms with Crippen LogP contribution >= 0.6 is 0 Å². The number of aromatic nitrogens is 2. The predicted octanol–water partition coefficient (Wildman–Crippen LogP) is 14.6. The van der Waals surface area contributed by atoms with Crippen LogP contribution in [0.1, 0.15) is 25.0 Å². The minimum atomic E-state index is -0.0517. The van der Waals surface area contributed by atoms with Crippen LogP contribution in [0.15, 0.2) is 194 Å².